The van der Waals surface area contributed by atoms with E-state index >= 15 is 0 Å². The zero-order valence-electron chi connectivity index (χ0n) is 16.8. The van der Waals surface area contributed by atoms with Gasteiger partial charge >= 0.3 is 5.97 Å². The monoisotopic (exact) mass is 381 g/mol. The molecule has 0 aliphatic heterocycles. The van der Waals surface area contributed by atoms with Gasteiger partial charge in [-0.25, -0.2) is 4.79 Å². The van der Waals surface area contributed by atoms with Gasteiger partial charge in [-0.3, -0.25) is 5.73 Å². The van der Waals surface area contributed by atoms with Crippen molar-refractivity contribution in [3.8, 4) is 0 Å². The molecule has 0 spiro atoms. The van der Waals surface area contributed by atoms with E-state index in [1.807, 2.05) is 48.6 Å². The van der Waals surface area contributed by atoms with Crippen LogP contribution < -0.4 is 5.73 Å². The van der Waals surface area contributed by atoms with Gasteiger partial charge in [0.1, 0.15) is 5.72 Å². The average molecular weight is 382 g/mol. The van der Waals surface area contributed by atoms with Crippen LogP contribution in [0.15, 0.2) is 72.9 Å². The predicted molar refractivity (Wildman–Crippen MR) is 114 cm³/mol. The molecule has 1 aliphatic rings. The zero-order chi connectivity index (χ0) is 20.4. The van der Waals surface area contributed by atoms with E-state index in [0.717, 1.165) is 17.6 Å². The number of benzene rings is 1. The Morgan fingerprint density at radius 1 is 1.39 bits per heavy atom. The van der Waals surface area contributed by atoms with Gasteiger partial charge in [0.2, 0.25) is 0 Å². The summed E-state index contributed by atoms with van der Waals surface area (Å²) in [6.45, 7) is 8.64. The van der Waals surface area contributed by atoms with Crippen LogP contribution in [0.25, 0.3) is 6.08 Å². The highest BCUT2D eigenvalue weighted by molar-refractivity contribution is 5.82. The highest BCUT2D eigenvalue weighted by Gasteiger charge is 2.30. The minimum absolute atomic E-state index is 0.0413. The normalized spacial score (nSPS) is 24.4. The molecule has 0 amide bonds. The highest BCUT2D eigenvalue weighted by Crippen LogP contribution is 2.32. The average Bonchev–Trinajstić information content (AvgIpc) is 2.70. The Kier molecular flexibility index (Phi) is 8.42. The van der Waals surface area contributed by atoms with Crippen LogP contribution in [0.2, 0.25) is 0 Å². The van der Waals surface area contributed by atoms with E-state index in [-0.39, 0.29) is 11.9 Å². The maximum absolute atomic E-state index is 12.0. The fraction of sp³-hybridized carbons (Fsp3) is 0.375. The quantitative estimate of drug-likeness (QED) is 0.293. The number of rotatable bonds is 9. The fourth-order valence-electron chi connectivity index (χ4n) is 2.87. The highest BCUT2D eigenvalue weighted by atomic mass is 16.5. The Hall–Kier alpha value is -2.43. The molecular formula is C24H31NO3. The minimum Gasteiger partial charge on any atom is -0.462 e. The number of hydrogen-bond acceptors (Lipinski definition) is 4. The molecule has 2 rings (SSSR count). The summed E-state index contributed by atoms with van der Waals surface area (Å²) in [5.41, 5.74) is 7.67. The molecule has 1 aromatic carbocycles. The van der Waals surface area contributed by atoms with E-state index in [9.17, 15) is 4.79 Å². The van der Waals surface area contributed by atoms with Crippen LogP contribution in [0.4, 0.5) is 0 Å². The Bertz CT molecular complexity index is 735. The first-order valence-electron chi connectivity index (χ1n) is 9.79. The van der Waals surface area contributed by atoms with Gasteiger partial charge in [-0.2, -0.15) is 0 Å². The number of ether oxygens (including phenoxy) is 2. The molecule has 1 aliphatic carbocycles. The lowest BCUT2D eigenvalue weighted by atomic mass is 9.84. The van der Waals surface area contributed by atoms with Crippen LogP contribution in [-0.2, 0) is 14.3 Å². The van der Waals surface area contributed by atoms with Crippen LogP contribution >= 0.6 is 0 Å². The van der Waals surface area contributed by atoms with E-state index in [0.29, 0.717) is 25.6 Å². The molecule has 4 nitrogen and oxygen atoms in total. The van der Waals surface area contributed by atoms with Gasteiger partial charge in [-0.05, 0) is 17.6 Å². The predicted octanol–water partition coefficient (Wildman–Crippen LogP) is 4.65. The maximum Gasteiger partial charge on any atom is 0.330 e. The van der Waals surface area contributed by atoms with Gasteiger partial charge < -0.3 is 9.47 Å². The first kappa shape index (κ1) is 21.9. The first-order valence-corrected chi connectivity index (χ1v) is 9.79. The lowest BCUT2D eigenvalue weighted by Crippen LogP contribution is -2.43. The number of carbonyl (C=O) groups excluding carboxylic acids is 1. The Balaban J connectivity index is 2.18. The number of allylic oxidation sites excluding steroid dienone is 2. The summed E-state index contributed by atoms with van der Waals surface area (Å²) in [4.78, 5) is 12.0. The van der Waals surface area contributed by atoms with Crippen LogP contribution in [0, 0.1) is 11.8 Å². The molecule has 3 unspecified atom stereocenters. The van der Waals surface area contributed by atoms with Crippen LogP contribution in [0.1, 0.15) is 32.3 Å². The minimum atomic E-state index is -0.879. The van der Waals surface area contributed by atoms with Crippen molar-refractivity contribution in [3.63, 3.8) is 0 Å². The standard InChI is InChI=1S/C24H31NO3/c1-4-15-28-24(25)14-13-21(11-12-23(26)27-18-19(3)5-2)22(17-24)16-20-9-7-6-8-10-20/h4,6-14,16,19,21H,1,5,15,17-18,25H2,2-3H3. The van der Waals surface area contributed by atoms with Gasteiger partial charge in [0.25, 0.3) is 0 Å². The van der Waals surface area contributed by atoms with E-state index in [4.69, 9.17) is 15.2 Å². The molecule has 0 saturated heterocycles. The molecule has 0 aromatic heterocycles. The molecule has 150 valence electrons. The first-order chi connectivity index (χ1) is 13.5. The molecular weight excluding hydrogens is 350 g/mol. The molecule has 3 atom stereocenters. The second kappa shape index (κ2) is 10.8. The summed E-state index contributed by atoms with van der Waals surface area (Å²) in [6.07, 6.45) is 12.5. The van der Waals surface area contributed by atoms with E-state index in [1.165, 1.54) is 6.08 Å². The summed E-state index contributed by atoms with van der Waals surface area (Å²) in [5.74, 6) is 0.000874. The summed E-state index contributed by atoms with van der Waals surface area (Å²) >= 11 is 0. The fourth-order valence-corrected chi connectivity index (χ4v) is 2.87. The smallest absolute Gasteiger partial charge is 0.330 e. The van der Waals surface area contributed by atoms with Gasteiger partial charge in [-0.1, -0.05) is 80.5 Å². The SMILES string of the molecule is C=CCOC1(N)C=CC(C=CC(=O)OCC(C)CC)C(=Cc2ccccc2)C1. The third kappa shape index (κ3) is 6.95. The number of esters is 1. The molecule has 4 heteroatoms. The maximum atomic E-state index is 12.0. The molecule has 28 heavy (non-hydrogen) atoms. The van der Waals surface area contributed by atoms with Crippen LogP contribution in [0.5, 0.6) is 0 Å². The summed E-state index contributed by atoms with van der Waals surface area (Å²) in [5, 5.41) is 0. The van der Waals surface area contributed by atoms with Gasteiger partial charge in [0.15, 0.2) is 0 Å². The summed E-state index contributed by atoms with van der Waals surface area (Å²) < 4.78 is 11.1. The topological polar surface area (TPSA) is 61.5 Å². The van der Waals surface area contributed by atoms with E-state index in [2.05, 4.69) is 26.5 Å². The molecule has 2 N–H and O–H groups in total. The second-order valence-electron chi connectivity index (χ2n) is 7.25. The van der Waals surface area contributed by atoms with Crippen molar-refractivity contribution in [1.29, 1.82) is 0 Å². The van der Waals surface area contributed by atoms with Crippen LogP contribution in [0.3, 0.4) is 0 Å². The van der Waals surface area contributed by atoms with Gasteiger partial charge in [0, 0.05) is 18.4 Å². The van der Waals surface area contributed by atoms with E-state index < -0.39 is 5.72 Å². The molecule has 0 fully saturated rings. The largest absolute Gasteiger partial charge is 0.462 e. The number of carbonyl (C=O) groups is 1. The molecule has 1 aromatic rings. The molecule has 0 radical (unpaired) electrons. The summed E-state index contributed by atoms with van der Waals surface area (Å²) in [7, 11) is 0. The Morgan fingerprint density at radius 3 is 2.82 bits per heavy atom. The Labute approximate surface area is 168 Å². The lowest BCUT2D eigenvalue weighted by Gasteiger charge is -2.33. The Morgan fingerprint density at radius 2 is 2.14 bits per heavy atom. The zero-order valence-corrected chi connectivity index (χ0v) is 16.8. The van der Waals surface area contributed by atoms with E-state index in [1.54, 1.807) is 6.08 Å². The second-order valence-corrected chi connectivity index (χ2v) is 7.25. The number of hydrogen-bond donors (Lipinski definition) is 1. The third-order valence-electron chi connectivity index (χ3n) is 4.76. The number of nitrogens with two attached hydrogens (primary N) is 1. The van der Waals surface area contributed by atoms with Crippen molar-refractivity contribution >= 4 is 12.0 Å². The van der Waals surface area contributed by atoms with Crippen molar-refractivity contribution in [2.24, 2.45) is 17.6 Å². The molecule has 0 saturated carbocycles. The molecule has 0 bridgehead atoms. The summed E-state index contributed by atoms with van der Waals surface area (Å²) in [6, 6.07) is 10.0. The van der Waals surface area contributed by atoms with Crippen molar-refractivity contribution in [3.05, 3.63) is 78.4 Å². The van der Waals surface area contributed by atoms with Gasteiger partial charge in [0.05, 0.1) is 13.2 Å². The third-order valence-corrected chi connectivity index (χ3v) is 4.76. The van der Waals surface area contributed by atoms with Crippen LogP contribution in [-0.4, -0.2) is 24.9 Å². The van der Waals surface area contributed by atoms with Crippen molar-refractivity contribution in [2.75, 3.05) is 13.2 Å². The lowest BCUT2D eigenvalue weighted by molar-refractivity contribution is -0.139. The van der Waals surface area contributed by atoms with Gasteiger partial charge in [-0.15, -0.1) is 6.58 Å². The van der Waals surface area contributed by atoms with Crippen molar-refractivity contribution in [1.82, 2.24) is 0 Å². The molecule has 0 heterocycles. The van der Waals surface area contributed by atoms with Crippen molar-refractivity contribution in [2.45, 2.75) is 32.4 Å². The van der Waals surface area contributed by atoms with Crippen molar-refractivity contribution < 1.29 is 14.3 Å².